The van der Waals surface area contributed by atoms with E-state index in [9.17, 15) is 15.2 Å². The number of hydrogen-bond acceptors (Lipinski definition) is 4. The Morgan fingerprint density at radius 3 is 2.73 bits per heavy atom. The van der Waals surface area contributed by atoms with E-state index in [-0.39, 0.29) is 17.5 Å². The van der Waals surface area contributed by atoms with Crippen LogP contribution in [0.1, 0.15) is 23.6 Å². The molecule has 0 bridgehead atoms. The summed E-state index contributed by atoms with van der Waals surface area (Å²) >= 11 is 0. The Hall–Kier alpha value is -1.62. The molecule has 15 heavy (non-hydrogen) atoms. The summed E-state index contributed by atoms with van der Waals surface area (Å²) in [5.74, 6) is -0.197. The molecule has 80 valence electrons. The predicted molar refractivity (Wildman–Crippen MR) is 54.9 cm³/mol. The summed E-state index contributed by atoms with van der Waals surface area (Å²) in [7, 11) is 0. The standard InChI is InChI=1S/C10H12N2O3/c1-6-2-3-7(8-4-5-11-8)10(13)9(6)12(14)15/h2-3,8,11,13H,4-5H2,1H3/t8-/m1/s1. The van der Waals surface area contributed by atoms with Gasteiger partial charge in [0.2, 0.25) is 0 Å². The van der Waals surface area contributed by atoms with Crippen molar-refractivity contribution >= 4 is 5.69 Å². The number of nitrogens with one attached hydrogen (secondary N) is 1. The molecule has 1 saturated heterocycles. The molecule has 0 saturated carbocycles. The number of nitro groups is 1. The summed E-state index contributed by atoms with van der Waals surface area (Å²) in [5, 5.41) is 23.6. The van der Waals surface area contributed by atoms with Gasteiger partial charge in [-0.05, 0) is 19.9 Å². The average Bonchev–Trinajstić information content (AvgIpc) is 2.06. The quantitative estimate of drug-likeness (QED) is 0.572. The van der Waals surface area contributed by atoms with Crippen LogP contribution < -0.4 is 5.32 Å². The van der Waals surface area contributed by atoms with Crippen LogP contribution in [0.15, 0.2) is 12.1 Å². The van der Waals surface area contributed by atoms with Crippen LogP contribution in [0, 0.1) is 17.0 Å². The van der Waals surface area contributed by atoms with Crippen molar-refractivity contribution in [3.63, 3.8) is 0 Å². The van der Waals surface area contributed by atoms with Crippen LogP contribution in [-0.4, -0.2) is 16.6 Å². The Balaban J connectivity index is 2.49. The lowest BCUT2D eigenvalue weighted by Gasteiger charge is -2.28. The number of aromatic hydroxyl groups is 1. The summed E-state index contributed by atoms with van der Waals surface area (Å²) in [6, 6.07) is 3.48. The minimum absolute atomic E-state index is 0.0595. The molecule has 0 spiro atoms. The third-order valence-electron chi connectivity index (χ3n) is 2.77. The zero-order valence-electron chi connectivity index (χ0n) is 8.36. The lowest BCUT2D eigenvalue weighted by molar-refractivity contribution is -0.386. The molecule has 0 unspecified atom stereocenters. The van der Waals surface area contributed by atoms with E-state index in [1.807, 2.05) is 0 Å². The molecule has 0 radical (unpaired) electrons. The smallest absolute Gasteiger partial charge is 0.313 e. The summed E-state index contributed by atoms with van der Waals surface area (Å²) in [6.07, 6.45) is 0.910. The Kier molecular flexibility index (Phi) is 2.32. The van der Waals surface area contributed by atoms with Crippen LogP contribution >= 0.6 is 0 Å². The van der Waals surface area contributed by atoms with Gasteiger partial charge in [0.15, 0.2) is 5.75 Å². The fraction of sp³-hybridized carbons (Fsp3) is 0.400. The maximum Gasteiger partial charge on any atom is 0.313 e. The number of benzene rings is 1. The highest BCUT2D eigenvalue weighted by atomic mass is 16.6. The first-order chi connectivity index (χ1) is 7.11. The number of nitro benzene ring substituents is 1. The van der Waals surface area contributed by atoms with Gasteiger partial charge in [0.25, 0.3) is 0 Å². The Bertz CT molecular complexity index is 413. The summed E-state index contributed by atoms with van der Waals surface area (Å²) in [4.78, 5) is 10.2. The molecule has 0 aromatic heterocycles. The van der Waals surface area contributed by atoms with Crippen molar-refractivity contribution in [1.29, 1.82) is 0 Å². The summed E-state index contributed by atoms with van der Waals surface area (Å²) in [5.41, 5.74) is 0.931. The van der Waals surface area contributed by atoms with E-state index in [4.69, 9.17) is 0 Å². The molecule has 5 nitrogen and oxygen atoms in total. The van der Waals surface area contributed by atoms with E-state index >= 15 is 0 Å². The highest BCUT2D eigenvalue weighted by Crippen LogP contribution is 2.38. The predicted octanol–water partition coefficient (Wildman–Crippen LogP) is 1.64. The number of aryl methyl sites for hydroxylation is 1. The van der Waals surface area contributed by atoms with Crippen LogP contribution in [0.3, 0.4) is 0 Å². The molecular formula is C10H12N2O3. The van der Waals surface area contributed by atoms with Crippen LogP contribution in [0.2, 0.25) is 0 Å². The van der Waals surface area contributed by atoms with Gasteiger partial charge in [0.05, 0.1) is 4.92 Å². The maximum atomic E-state index is 10.7. The highest BCUT2D eigenvalue weighted by molar-refractivity contribution is 5.57. The average molecular weight is 208 g/mol. The lowest BCUT2D eigenvalue weighted by Crippen LogP contribution is -2.35. The molecule has 1 aromatic rings. The van der Waals surface area contributed by atoms with E-state index < -0.39 is 4.92 Å². The Labute approximate surface area is 86.9 Å². The van der Waals surface area contributed by atoms with Crippen molar-refractivity contribution in [2.45, 2.75) is 19.4 Å². The third-order valence-corrected chi connectivity index (χ3v) is 2.77. The normalized spacial score (nSPS) is 19.7. The number of rotatable bonds is 2. The first-order valence-corrected chi connectivity index (χ1v) is 4.81. The van der Waals surface area contributed by atoms with Gasteiger partial charge in [-0.25, -0.2) is 0 Å². The fourth-order valence-corrected chi connectivity index (χ4v) is 1.76. The van der Waals surface area contributed by atoms with Crippen molar-refractivity contribution in [2.75, 3.05) is 6.54 Å². The first-order valence-electron chi connectivity index (χ1n) is 4.81. The van der Waals surface area contributed by atoms with Crippen molar-refractivity contribution < 1.29 is 10.0 Å². The molecule has 1 aliphatic rings. The zero-order chi connectivity index (χ0) is 11.0. The molecule has 1 fully saturated rings. The molecule has 2 rings (SSSR count). The van der Waals surface area contributed by atoms with E-state index in [2.05, 4.69) is 5.32 Å². The van der Waals surface area contributed by atoms with Crippen LogP contribution in [0.4, 0.5) is 5.69 Å². The Morgan fingerprint density at radius 2 is 2.27 bits per heavy atom. The minimum Gasteiger partial charge on any atom is -0.502 e. The van der Waals surface area contributed by atoms with Crippen molar-refractivity contribution in [3.8, 4) is 5.75 Å². The van der Waals surface area contributed by atoms with Crippen molar-refractivity contribution in [3.05, 3.63) is 33.4 Å². The number of hydrogen-bond donors (Lipinski definition) is 2. The second-order valence-electron chi connectivity index (χ2n) is 3.72. The van der Waals surface area contributed by atoms with Gasteiger partial charge in [0.1, 0.15) is 0 Å². The fourth-order valence-electron chi connectivity index (χ4n) is 1.76. The van der Waals surface area contributed by atoms with Gasteiger partial charge in [-0.3, -0.25) is 10.1 Å². The molecule has 0 aliphatic carbocycles. The molecule has 1 atom stereocenters. The number of phenols is 1. The second-order valence-corrected chi connectivity index (χ2v) is 3.72. The molecule has 1 heterocycles. The van der Waals surface area contributed by atoms with E-state index in [1.165, 1.54) is 0 Å². The van der Waals surface area contributed by atoms with Gasteiger partial charge < -0.3 is 10.4 Å². The Morgan fingerprint density at radius 1 is 1.60 bits per heavy atom. The number of nitrogens with zero attached hydrogens (tertiary/aromatic N) is 1. The summed E-state index contributed by atoms with van der Waals surface area (Å²) in [6.45, 7) is 2.52. The van der Waals surface area contributed by atoms with Gasteiger partial charge in [-0.15, -0.1) is 0 Å². The van der Waals surface area contributed by atoms with Gasteiger partial charge >= 0.3 is 5.69 Å². The van der Waals surface area contributed by atoms with E-state index in [1.54, 1.807) is 19.1 Å². The molecule has 1 aromatic carbocycles. The van der Waals surface area contributed by atoms with Crippen LogP contribution in [0.5, 0.6) is 5.75 Å². The summed E-state index contributed by atoms with van der Waals surface area (Å²) < 4.78 is 0. The molecule has 0 amide bonds. The lowest BCUT2D eigenvalue weighted by atomic mass is 9.95. The zero-order valence-corrected chi connectivity index (χ0v) is 8.36. The van der Waals surface area contributed by atoms with Crippen molar-refractivity contribution in [1.82, 2.24) is 5.32 Å². The highest BCUT2D eigenvalue weighted by Gasteiger charge is 2.27. The maximum absolute atomic E-state index is 10.7. The number of phenolic OH excluding ortho intramolecular Hbond substituents is 1. The van der Waals surface area contributed by atoms with Gasteiger partial charge in [-0.2, -0.15) is 0 Å². The van der Waals surface area contributed by atoms with Crippen LogP contribution in [-0.2, 0) is 0 Å². The topological polar surface area (TPSA) is 75.4 Å². The van der Waals surface area contributed by atoms with Crippen molar-refractivity contribution in [2.24, 2.45) is 0 Å². The molecule has 2 N–H and O–H groups in total. The van der Waals surface area contributed by atoms with E-state index in [0.717, 1.165) is 13.0 Å². The second kappa shape index (κ2) is 3.51. The first kappa shape index (κ1) is 9.92. The molecule has 1 aliphatic heterocycles. The third kappa shape index (κ3) is 1.55. The SMILES string of the molecule is Cc1ccc([C@H]2CCN2)c(O)c1[N+](=O)[O-]. The van der Waals surface area contributed by atoms with Crippen LogP contribution in [0.25, 0.3) is 0 Å². The largest absolute Gasteiger partial charge is 0.502 e. The van der Waals surface area contributed by atoms with Gasteiger partial charge in [0, 0.05) is 17.2 Å². The van der Waals surface area contributed by atoms with Gasteiger partial charge in [-0.1, -0.05) is 12.1 Å². The minimum atomic E-state index is -0.535. The molecular weight excluding hydrogens is 196 g/mol. The molecule has 5 heteroatoms. The van der Waals surface area contributed by atoms with E-state index in [0.29, 0.717) is 11.1 Å². The monoisotopic (exact) mass is 208 g/mol.